The number of pyridine rings is 1. The van der Waals surface area contributed by atoms with Crippen LogP contribution in [0.2, 0.25) is 0 Å². The topological polar surface area (TPSA) is 84.2 Å². The van der Waals surface area contributed by atoms with Gasteiger partial charge in [0.1, 0.15) is 17.9 Å². The van der Waals surface area contributed by atoms with E-state index >= 15 is 0 Å². The monoisotopic (exact) mass is 393 g/mol. The lowest BCUT2D eigenvalue weighted by Crippen LogP contribution is -2.41. The minimum Gasteiger partial charge on any atom is -0.479 e. The zero-order chi connectivity index (χ0) is 20.6. The van der Waals surface area contributed by atoms with Crippen LogP contribution in [0, 0.1) is 17.2 Å². The van der Waals surface area contributed by atoms with Crippen molar-refractivity contribution >= 4 is 5.91 Å². The lowest BCUT2D eigenvalue weighted by Gasteiger charge is -2.22. The number of hydrogen-bond donors (Lipinski definition) is 1. The molecule has 1 amide bonds. The number of nitriles is 1. The number of amides is 1. The van der Waals surface area contributed by atoms with Crippen LogP contribution in [-0.4, -0.2) is 23.1 Å². The van der Waals surface area contributed by atoms with Gasteiger partial charge in [0.25, 0.3) is 5.91 Å². The third-order valence-electron chi connectivity index (χ3n) is 4.98. The van der Waals surface area contributed by atoms with Crippen molar-refractivity contribution in [2.24, 2.45) is 5.92 Å². The van der Waals surface area contributed by atoms with E-state index in [1.165, 1.54) is 12.8 Å². The molecule has 6 heteroatoms. The normalized spacial score (nSPS) is 15.0. The van der Waals surface area contributed by atoms with E-state index in [1.807, 2.05) is 26.0 Å². The van der Waals surface area contributed by atoms with Crippen molar-refractivity contribution in [3.63, 3.8) is 0 Å². The van der Waals surface area contributed by atoms with Crippen molar-refractivity contribution in [1.82, 2.24) is 10.3 Å². The maximum Gasteiger partial charge on any atom is 0.261 e. The average molecular weight is 393 g/mol. The molecule has 1 atom stereocenters. The molecule has 1 saturated carbocycles. The maximum absolute atomic E-state index is 12.7. The first-order valence-corrected chi connectivity index (χ1v) is 10.1. The largest absolute Gasteiger partial charge is 0.479 e. The summed E-state index contributed by atoms with van der Waals surface area (Å²) in [6.45, 7) is 4.17. The molecule has 0 saturated heterocycles. The van der Waals surface area contributed by atoms with E-state index in [4.69, 9.17) is 9.47 Å². The maximum atomic E-state index is 12.7. The predicted molar refractivity (Wildman–Crippen MR) is 109 cm³/mol. The molecule has 0 bridgehead atoms. The molecule has 1 aliphatic rings. The molecule has 1 N–H and O–H groups in total. The van der Waals surface area contributed by atoms with Crippen molar-refractivity contribution in [2.45, 2.75) is 58.3 Å². The third-order valence-corrected chi connectivity index (χ3v) is 4.98. The second-order valence-corrected chi connectivity index (χ2v) is 7.64. The first kappa shape index (κ1) is 20.7. The van der Waals surface area contributed by atoms with Crippen molar-refractivity contribution in [2.75, 3.05) is 0 Å². The fourth-order valence-electron chi connectivity index (χ4n) is 3.34. The smallest absolute Gasteiger partial charge is 0.261 e. The fraction of sp³-hybridized carbons (Fsp3) is 0.435. The van der Waals surface area contributed by atoms with Crippen molar-refractivity contribution < 1.29 is 14.3 Å². The van der Waals surface area contributed by atoms with Crippen molar-refractivity contribution in [3.8, 4) is 17.7 Å². The van der Waals surface area contributed by atoms with Crippen LogP contribution in [0.4, 0.5) is 0 Å². The zero-order valence-electron chi connectivity index (χ0n) is 16.9. The lowest BCUT2D eigenvalue weighted by atomic mass is 10.1. The van der Waals surface area contributed by atoms with E-state index in [0.29, 0.717) is 23.7 Å². The summed E-state index contributed by atoms with van der Waals surface area (Å²) in [4.78, 5) is 17.0. The molecule has 29 heavy (non-hydrogen) atoms. The highest BCUT2D eigenvalue weighted by atomic mass is 16.5. The Morgan fingerprint density at radius 1 is 1.24 bits per heavy atom. The summed E-state index contributed by atoms with van der Waals surface area (Å²) in [5, 5.41) is 12.1. The minimum absolute atomic E-state index is 0.0536. The number of ether oxygens (including phenoxy) is 2. The highest BCUT2D eigenvalue weighted by Crippen LogP contribution is 2.23. The number of nitrogens with one attached hydrogen (secondary N) is 1. The summed E-state index contributed by atoms with van der Waals surface area (Å²) in [7, 11) is 0. The second-order valence-electron chi connectivity index (χ2n) is 7.64. The molecular formula is C23H27N3O3. The molecule has 6 nitrogen and oxygen atoms in total. The minimum atomic E-state index is -0.692. The fourth-order valence-corrected chi connectivity index (χ4v) is 3.34. The Morgan fingerprint density at radius 2 is 2.00 bits per heavy atom. The second kappa shape index (κ2) is 9.92. The Kier molecular flexibility index (Phi) is 7.07. The van der Waals surface area contributed by atoms with Gasteiger partial charge in [-0.05, 0) is 49.3 Å². The van der Waals surface area contributed by atoms with E-state index in [0.717, 1.165) is 18.4 Å². The van der Waals surface area contributed by atoms with Gasteiger partial charge in [-0.1, -0.05) is 32.0 Å². The van der Waals surface area contributed by atoms with Gasteiger partial charge in [-0.3, -0.25) is 4.79 Å². The summed E-state index contributed by atoms with van der Waals surface area (Å²) in [5.74, 6) is 0.767. The quantitative estimate of drug-likeness (QED) is 0.733. The molecular weight excluding hydrogens is 366 g/mol. The molecule has 1 aromatic carbocycles. The predicted octanol–water partition coefficient (Wildman–Crippen LogP) is 3.99. The number of para-hydroxylation sites is 1. The number of carbonyl (C=O) groups is 1. The van der Waals surface area contributed by atoms with Crippen LogP contribution < -0.4 is 14.8 Å². The molecule has 3 rings (SSSR count). The lowest BCUT2D eigenvalue weighted by molar-refractivity contribution is -0.130. The highest BCUT2D eigenvalue weighted by molar-refractivity contribution is 5.81. The van der Waals surface area contributed by atoms with Gasteiger partial charge in [0.2, 0.25) is 5.88 Å². The molecule has 0 aliphatic heterocycles. The van der Waals surface area contributed by atoms with Gasteiger partial charge >= 0.3 is 0 Å². The van der Waals surface area contributed by atoms with Crippen molar-refractivity contribution in [3.05, 3.63) is 53.7 Å². The Morgan fingerprint density at radius 3 is 2.66 bits per heavy atom. The Hall–Kier alpha value is -3.07. The average Bonchev–Trinajstić information content (AvgIpc) is 3.24. The molecule has 2 aromatic rings. The number of rotatable bonds is 8. The third kappa shape index (κ3) is 5.71. The van der Waals surface area contributed by atoms with Crippen LogP contribution >= 0.6 is 0 Å². The van der Waals surface area contributed by atoms with Gasteiger partial charge in [-0.15, -0.1) is 0 Å². The SMILES string of the molecule is CC(C)C(Oc1ccccc1C#N)C(=O)NCc1ccc(OC2CCCC2)nc1. The Bertz CT molecular complexity index is 852. The summed E-state index contributed by atoms with van der Waals surface area (Å²) < 4.78 is 11.7. The Balaban J connectivity index is 1.56. The van der Waals surface area contributed by atoms with E-state index < -0.39 is 6.10 Å². The van der Waals surface area contributed by atoms with E-state index in [1.54, 1.807) is 30.5 Å². The van der Waals surface area contributed by atoms with Crippen LogP contribution in [0.3, 0.4) is 0 Å². The standard InChI is InChI=1S/C23H27N3O3/c1-16(2)22(29-20-10-6-3-7-18(20)13-24)23(27)26-15-17-11-12-21(25-14-17)28-19-8-4-5-9-19/h3,6-7,10-12,14,16,19,22H,4-5,8-9,15H2,1-2H3,(H,26,27). The van der Waals surface area contributed by atoms with Crippen LogP contribution in [0.25, 0.3) is 0 Å². The van der Waals surface area contributed by atoms with Gasteiger partial charge in [0, 0.05) is 18.8 Å². The van der Waals surface area contributed by atoms with Crippen LogP contribution in [0.1, 0.15) is 50.7 Å². The van der Waals surface area contributed by atoms with E-state index in [2.05, 4.69) is 16.4 Å². The van der Waals surface area contributed by atoms with Crippen LogP contribution in [-0.2, 0) is 11.3 Å². The van der Waals surface area contributed by atoms with Gasteiger partial charge in [-0.2, -0.15) is 5.26 Å². The van der Waals surface area contributed by atoms with E-state index in [-0.39, 0.29) is 17.9 Å². The molecule has 1 aromatic heterocycles. The summed E-state index contributed by atoms with van der Waals surface area (Å²) in [6.07, 6.45) is 5.91. The number of nitrogens with zero attached hydrogens (tertiary/aromatic N) is 2. The first-order valence-electron chi connectivity index (χ1n) is 10.1. The van der Waals surface area contributed by atoms with Gasteiger partial charge in [-0.25, -0.2) is 4.98 Å². The summed E-state index contributed by atoms with van der Waals surface area (Å²) in [6, 6.07) is 12.8. The molecule has 0 radical (unpaired) electrons. The molecule has 1 aliphatic carbocycles. The van der Waals surface area contributed by atoms with Gasteiger partial charge < -0.3 is 14.8 Å². The van der Waals surface area contributed by atoms with Crippen LogP contribution in [0.15, 0.2) is 42.6 Å². The molecule has 0 spiro atoms. The number of benzene rings is 1. The number of aromatic nitrogens is 1. The summed E-state index contributed by atoms with van der Waals surface area (Å²) in [5.41, 5.74) is 1.30. The van der Waals surface area contributed by atoms with Gasteiger partial charge in [0.15, 0.2) is 6.10 Å². The highest BCUT2D eigenvalue weighted by Gasteiger charge is 2.25. The van der Waals surface area contributed by atoms with Crippen LogP contribution in [0.5, 0.6) is 11.6 Å². The van der Waals surface area contributed by atoms with E-state index in [9.17, 15) is 10.1 Å². The first-order chi connectivity index (χ1) is 14.1. The molecule has 1 unspecified atom stereocenters. The molecule has 152 valence electrons. The van der Waals surface area contributed by atoms with Gasteiger partial charge in [0.05, 0.1) is 5.56 Å². The molecule has 1 heterocycles. The number of hydrogen-bond acceptors (Lipinski definition) is 5. The Labute approximate surface area is 171 Å². The summed E-state index contributed by atoms with van der Waals surface area (Å²) >= 11 is 0. The van der Waals surface area contributed by atoms with Crippen molar-refractivity contribution in [1.29, 1.82) is 5.26 Å². The number of carbonyl (C=O) groups excluding carboxylic acids is 1. The zero-order valence-corrected chi connectivity index (χ0v) is 16.9. The molecule has 1 fully saturated rings.